The van der Waals surface area contributed by atoms with Crippen molar-refractivity contribution in [3.63, 3.8) is 0 Å². The molecular formula is C8H11N. The maximum atomic E-state index is 8.69. The molecule has 0 amide bonds. The molecule has 48 valence electrons. The molecule has 0 radical (unpaired) electrons. The maximum Gasteiger partial charge on any atom is 0.0661 e. The molecule has 0 aromatic carbocycles. The fourth-order valence-electron chi connectivity index (χ4n) is 2.10. The largest absolute Gasteiger partial charge is 0.198 e. The van der Waals surface area contributed by atoms with E-state index in [2.05, 4.69) is 6.07 Å². The molecule has 1 nitrogen and oxygen atoms in total. The van der Waals surface area contributed by atoms with Crippen molar-refractivity contribution in [2.45, 2.75) is 32.1 Å². The fraction of sp³-hybridized carbons (Fsp3) is 0.875. The molecule has 0 bridgehead atoms. The highest BCUT2D eigenvalue weighted by molar-refractivity contribution is 5.09. The van der Waals surface area contributed by atoms with Gasteiger partial charge in [0.2, 0.25) is 0 Å². The summed E-state index contributed by atoms with van der Waals surface area (Å²) in [5.41, 5.74) is 0.550. The van der Waals surface area contributed by atoms with Crippen molar-refractivity contribution in [3.05, 3.63) is 0 Å². The Morgan fingerprint density at radius 3 is 2.56 bits per heavy atom. The molecule has 2 saturated carbocycles. The lowest BCUT2D eigenvalue weighted by Crippen LogP contribution is -2.04. The maximum absolute atomic E-state index is 8.69. The highest BCUT2D eigenvalue weighted by Crippen LogP contribution is 2.60. The van der Waals surface area contributed by atoms with Crippen LogP contribution in [0.4, 0.5) is 0 Å². The summed E-state index contributed by atoms with van der Waals surface area (Å²) in [5.74, 6) is 0.428. The molecule has 1 heteroatoms. The van der Waals surface area contributed by atoms with Crippen LogP contribution >= 0.6 is 0 Å². The van der Waals surface area contributed by atoms with Crippen molar-refractivity contribution in [3.8, 4) is 6.07 Å². The Kier molecular flexibility index (Phi) is 0.883. The highest BCUT2D eigenvalue weighted by Gasteiger charge is 2.51. The monoisotopic (exact) mass is 121 g/mol. The molecule has 0 saturated heterocycles. The smallest absolute Gasteiger partial charge is 0.0661 e. The molecule has 0 aliphatic heterocycles. The van der Waals surface area contributed by atoms with Crippen LogP contribution in [0, 0.1) is 22.7 Å². The second kappa shape index (κ2) is 1.50. The summed E-state index contributed by atoms with van der Waals surface area (Å²) in [6, 6.07) is 2.42. The van der Waals surface area contributed by atoms with Gasteiger partial charge in [0, 0.05) is 0 Å². The van der Waals surface area contributed by atoms with Gasteiger partial charge in [-0.25, -0.2) is 0 Å². The molecule has 0 aromatic heterocycles. The van der Waals surface area contributed by atoms with Crippen molar-refractivity contribution < 1.29 is 0 Å². The quantitative estimate of drug-likeness (QED) is 0.481. The molecule has 2 rings (SSSR count). The zero-order valence-electron chi connectivity index (χ0n) is 5.56. The number of hydrogen-bond acceptors (Lipinski definition) is 1. The van der Waals surface area contributed by atoms with Gasteiger partial charge in [-0.2, -0.15) is 5.26 Å². The number of nitriles is 1. The van der Waals surface area contributed by atoms with Gasteiger partial charge in [0.25, 0.3) is 0 Å². The lowest BCUT2D eigenvalue weighted by molar-refractivity contribution is 0.446. The summed E-state index contributed by atoms with van der Waals surface area (Å²) in [7, 11) is 0. The molecule has 1 atom stereocenters. The normalized spacial score (nSPS) is 36.6. The average molecular weight is 121 g/mol. The Morgan fingerprint density at radius 1 is 1.33 bits per heavy atom. The van der Waals surface area contributed by atoms with Crippen LogP contribution in [0.2, 0.25) is 0 Å². The molecule has 0 N–H and O–H groups in total. The minimum absolute atomic E-state index is 0.428. The Bertz CT molecular complexity index is 162. The van der Waals surface area contributed by atoms with Crippen molar-refractivity contribution in [1.29, 1.82) is 5.26 Å². The van der Waals surface area contributed by atoms with E-state index in [0.717, 1.165) is 0 Å². The summed E-state index contributed by atoms with van der Waals surface area (Å²) < 4.78 is 0. The summed E-state index contributed by atoms with van der Waals surface area (Å²) in [6.07, 6.45) is 6.50. The Morgan fingerprint density at radius 2 is 2.11 bits per heavy atom. The number of rotatable bonds is 0. The van der Waals surface area contributed by atoms with Gasteiger partial charge in [0.15, 0.2) is 0 Å². The van der Waals surface area contributed by atoms with E-state index in [1.165, 1.54) is 32.1 Å². The van der Waals surface area contributed by atoms with Crippen LogP contribution in [-0.2, 0) is 0 Å². The van der Waals surface area contributed by atoms with Gasteiger partial charge in [-0.1, -0.05) is 6.42 Å². The van der Waals surface area contributed by atoms with E-state index in [-0.39, 0.29) is 0 Å². The van der Waals surface area contributed by atoms with E-state index in [1.807, 2.05) is 0 Å². The van der Waals surface area contributed by atoms with E-state index in [1.54, 1.807) is 0 Å². The van der Waals surface area contributed by atoms with Crippen molar-refractivity contribution >= 4 is 0 Å². The van der Waals surface area contributed by atoms with E-state index in [4.69, 9.17) is 5.26 Å². The fourth-order valence-corrected chi connectivity index (χ4v) is 2.10. The zero-order chi connectivity index (χ0) is 6.32. The first-order chi connectivity index (χ1) is 4.37. The minimum atomic E-state index is 0.428. The van der Waals surface area contributed by atoms with Gasteiger partial charge in [-0.3, -0.25) is 0 Å². The van der Waals surface area contributed by atoms with Crippen LogP contribution in [0.5, 0.6) is 0 Å². The van der Waals surface area contributed by atoms with Crippen molar-refractivity contribution in [2.24, 2.45) is 11.3 Å². The third kappa shape index (κ3) is 0.594. The van der Waals surface area contributed by atoms with Gasteiger partial charge in [-0.15, -0.1) is 0 Å². The van der Waals surface area contributed by atoms with Crippen LogP contribution < -0.4 is 0 Å². The van der Waals surface area contributed by atoms with E-state index in [9.17, 15) is 0 Å². The molecule has 2 fully saturated rings. The van der Waals surface area contributed by atoms with Crippen LogP contribution in [0.25, 0.3) is 0 Å². The summed E-state index contributed by atoms with van der Waals surface area (Å²) >= 11 is 0. The topological polar surface area (TPSA) is 23.8 Å². The second-order valence-corrected chi connectivity index (χ2v) is 3.44. The van der Waals surface area contributed by atoms with E-state index in [0.29, 0.717) is 11.3 Å². The summed E-state index contributed by atoms with van der Waals surface area (Å²) in [6.45, 7) is 0. The van der Waals surface area contributed by atoms with Crippen molar-refractivity contribution in [1.82, 2.24) is 0 Å². The Hall–Kier alpha value is -0.510. The van der Waals surface area contributed by atoms with E-state index < -0.39 is 0 Å². The average Bonchev–Trinajstić information content (AvgIpc) is 2.45. The molecule has 0 aromatic rings. The van der Waals surface area contributed by atoms with Gasteiger partial charge < -0.3 is 0 Å². The molecule has 2 aliphatic rings. The number of hydrogen-bond donors (Lipinski definition) is 0. The molecule has 2 aliphatic carbocycles. The third-order valence-corrected chi connectivity index (χ3v) is 2.95. The first kappa shape index (κ1) is 5.29. The van der Waals surface area contributed by atoms with Gasteiger partial charge >= 0.3 is 0 Å². The first-order valence-corrected chi connectivity index (χ1v) is 3.77. The third-order valence-electron chi connectivity index (χ3n) is 2.95. The van der Waals surface area contributed by atoms with E-state index >= 15 is 0 Å². The minimum Gasteiger partial charge on any atom is -0.198 e. The van der Waals surface area contributed by atoms with Gasteiger partial charge in [-0.05, 0) is 31.1 Å². The Labute approximate surface area is 55.7 Å². The molecular weight excluding hydrogens is 110 g/mol. The predicted molar refractivity (Wildman–Crippen MR) is 34.6 cm³/mol. The Balaban J connectivity index is 2.16. The van der Waals surface area contributed by atoms with Crippen LogP contribution in [0.3, 0.4) is 0 Å². The molecule has 0 heterocycles. The van der Waals surface area contributed by atoms with Crippen LogP contribution in [0.15, 0.2) is 0 Å². The zero-order valence-corrected chi connectivity index (χ0v) is 5.56. The van der Waals surface area contributed by atoms with Crippen molar-refractivity contribution in [2.75, 3.05) is 0 Å². The number of nitrogens with zero attached hydrogens (tertiary/aromatic N) is 1. The molecule has 1 spiro atoms. The second-order valence-electron chi connectivity index (χ2n) is 3.44. The van der Waals surface area contributed by atoms with Crippen LogP contribution in [-0.4, -0.2) is 0 Å². The molecule has 9 heavy (non-hydrogen) atoms. The van der Waals surface area contributed by atoms with Crippen LogP contribution in [0.1, 0.15) is 32.1 Å². The van der Waals surface area contributed by atoms with Gasteiger partial charge in [0.05, 0.1) is 12.0 Å². The first-order valence-electron chi connectivity index (χ1n) is 3.77. The predicted octanol–water partition coefficient (Wildman–Crippen LogP) is 2.09. The summed E-state index contributed by atoms with van der Waals surface area (Å²) in [5, 5.41) is 8.69. The highest BCUT2D eigenvalue weighted by atomic mass is 14.6. The lowest BCUT2D eigenvalue weighted by atomic mass is 9.95. The van der Waals surface area contributed by atoms with Gasteiger partial charge in [0.1, 0.15) is 0 Å². The molecule has 1 unspecified atom stereocenters. The summed E-state index contributed by atoms with van der Waals surface area (Å²) in [4.78, 5) is 0. The standard InChI is InChI=1S/C8H11N/c9-6-7-2-1-3-8(7)4-5-8/h7H,1-5H2. The lowest BCUT2D eigenvalue weighted by Gasteiger charge is -2.07. The SMILES string of the molecule is N#CC1CCCC12CC2.